The Balaban J connectivity index is 2.03. The normalized spacial score (nSPS) is 11.9. The monoisotopic (exact) mass is 421 g/mol. The fourth-order valence-corrected chi connectivity index (χ4v) is 3.29. The number of fused-ring (bicyclic) bond motifs is 1. The van der Waals surface area contributed by atoms with Crippen molar-refractivity contribution in [1.29, 1.82) is 0 Å². The number of rotatable bonds is 5. The van der Waals surface area contributed by atoms with Crippen molar-refractivity contribution in [3.63, 3.8) is 0 Å². The van der Waals surface area contributed by atoms with Crippen molar-refractivity contribution in [2.45, 2.75) is 66.0 Å². The van der Waals surface area contributed by atoms with Crippen LogP contribution in [0.15, 0.2) is 36.5 Å². The molecular formula is C24H31N5O2. The lowest BCUT2D eigenvalue weighted by molar-refractivity contribution is 0.0920. The van der Waals surface area contributed by atoms with Gasteiger partial charge in [-0.25, -0.2) is 9.67 Å². The zero-order chi connectivity index (χ0) is 22.9. The lowest BCUT2D eigenvalue weighted by Gasteiger charge is -2.21. The highest BCUT2D eigenvalue weighted by molar-refractivity contribution is 6.14. The number of hydrogen-bond donors (Lipinski definition) is 2. The average Bonchev–Trinajstić information content (AvgIpc) is 3.10. The van der Waals surface area contributed by atoms with Gasteiger partial charge in [-0.1, -0.05) is 26.0 Å². The van der Waals surface area contributed by atoms with Crippen LogP contribution in [0.3, 0.4) is 0 Å². The van der Waals surface area contributed by atoms with Crippen molar-refractivity contribution in [3.05, 3.63) is 53.3 Å². The molecule has 0 bridgehead atoms. The number of aromatic nitrogens is 3. The number of pyridine rings is 1. The zero-order valence-electron chi connectivity index (χ0n) is 19.3. The maximum atomic E-state index is 13.3. The summed E-state index contributed by atoms with van der Waals surface area (Å²) in [6.45, 7) is 13.9. The van der Waals surface area contributed by atoms with E-state index in [0.717, 1.165) is 5.69 Å². The standard InChI is InChI=1S/C24H31N5O2/c1-14(2)20-12-17(18-13-25-29(15(3)4)21(18)26-20)22(30)27-19-11-9-8-10-16(19)23(31)28-24(5,6)7/h8-15H,1-7H3,(H,27,30)(H,28,31). The molecule has 0 fully saturated rings. The third kappa shape index (κ3) is 4.93. The van der Waals surface area contributed by atoms with Crippen LogP contribution < -0.4 is 10.6 Å². The first-order chi connectivity index (χ1) is 14.5. The minimum atomic E-state index is -0.386. The number of benzene rings is 1. The topological polar surface area (TPSA) is 88.9 Å². The summed E-state index contributed by atoms with van der Waals surface area (Å²) in [5.41, 5.74) is 2.48. The molecule has 164 valence electrons. The Labute approximate surface area is 183 Å². The van der Waals surface area contributed by atoms with Gasteiger partial charge in [0.05, 0.1) is 28.4 Å². The quantitative estimate of drug-likeness (QED) is 0.612. The number of carbonyl (C=O) groups is 2. The molecule has 0 aliphatic carbocycles. The number of carbonyl (C=O) groups excluding carboxylic acids is 2. The molecule has 0 saturated heterocycles. The molecule has 0 aliphatic rings. The van der Waals surface area contributed by atoms with E-state index in [1.807, 2.05) is 59.2 Å². The first-order valence-corrected chi connectivity index (χ1v) is 10.6. The molecule has 31 heavy (non-hydrogen) atoms. The van der Waals surface area contributed by atoms with Crippen LogP contribution in [0.1, 0.15) is 86.8 Å². The largest absolute Gasteiger partial charge is 0.347 e. The van der Waals surface area contributed by atoms with Crippen molar-refractivity contribution < 1.29 is 9.59 Å². The fourth-order valence-electron chi connectivity index (χ4n) is 3.29. The van der Waals surface area contributed by atoms with Crippen LogP contribution in [0.25, 0.3) is 11.0 Å². The summed E-state index contributed by atoms with van der Waals surface area (Å²) in [5.74, 6) is -0.385. The number of anilines is 1. The van der Waals surface area contributed by atoms with E-state index in [1.54, 1.807) is 30.5 Å². The van der Waals surface area contributed by atoms with Crippen LogP contribution in [0.2, 0.25) is 0 Å². The lowest BCUT2D eigenvalue weighted by atomic mass is 10.0. The predicted molar refractivity (Wildman–Crippen MR) is 124 cm³/mol. The molecular weight excluding hydrogens is 390 g/mol. The number of nitrogens with one attached hydrogen (secondary N) is 2. The van der Waals surface area contributed by atoms with E-state index in [9.17, 15) is 9.59 Å². The predicted octanol–water partition coefficient (Wildman–Crippen LogP) is 4.92. The van der Waals surface area contributed by atoms with E-state index in [0.29, 0.717) is 27.8 Å². The van der Waals surface area contributed by atoms with E-state index in [-0.39, 0.29) is 29.3 Å². The fraction of sp³-hybridized carbons (Fsp3) is 0.417. The highest BCUT2D eigenvalue weighted by atomic mass is 16.2. The van der Waals surface area contributed by atoms with E-state index in [2.05, 4.69) is 15.7 Å². The molecule has 0 radical (unpaired) electrons. The van der Waals surface area contributed by atoms with Crippen molar-refractivity contribution in [2.75, 3.05) is 5.32 Å². The first-order valence-electron chi connectivity index (χ1n) is 10.6. The Morgan fingerprint density at radius 2 is 1.68 bits per heavy atom. The number of nitrogens with zero attached hydrogens (tertiary/aromatic N) is 3. The Bertz CT molecular complexity index is 1120. The molecule has 7 heteroatoms. The van der Waals surface area contributed by atoms with Crippen LogP contribution in [-0.4, -0.2) is 32.1 Å². The zero-order valence-corrected chi connectivity index (χ0v) is 19.3. The van der Waals surface area contributed by atoms with Gasteiger partial charge in [-0.05, 0) is 58.7 Å². The molecule has 3 aromatic rings. The third-order valence-electron chi connectivity index (χ3n) is 4.82. The van der Waals surface area contributed by atoms with Crippen LogP contribution in [0, 0.1) is 0 Å². The van der Waals surface area contributed by atoms with Crippen LogP contribution in [-0.2, 0) is 0 Å². The number of amides is 2. The molecule has 2 N–H and O–H groups in total. The second kappa shape index (κ2) is 8.49. The second-order valence-electron chi connectivity index (χ2n) is 9.37. The number of para-hydroxylation sites is 1. The molecule has 0 atom stereocenters. The van der Waals surface area contributed by atoms with Crippen LogP contribution >= 0.6 is 0 Å². The molecule has 0 saturated carbocycles. The molecule has 0 unspecified atom stereocenters. The smallest absolute Gasteiger partial charge is 0.256 e. The summed E-state index contributed by atoms with van der Waals surface area (Å²) < 4.78 is 1.82. The van der Waals surface area contributed by atoms with Gasteiger partial charge in [0.25, 0.3) is 11.8 Å². The molecule has 7 nitrogen and oxygen atoms in total. The van der Waals surface area contributed by atoms with Crippen molar-refractivity contribution in [2.24, 2.45) is 0 Å². The van der Waals surface area contributed by atoms with Crippen molar-refractivity contribution in [1.82, 2.24) is 20.1 Å². The summed E-state index contributed by atoms with van der Waals surface area (Å²) in [5, 5.41) is 11.0. The van der Waals surface area contributed by atoms with Gasteiger partial charge in [-0.15, -0.1) is 0 Å². The minimum Gasteiger partial charge on any atom is -0.347 e. The molecule has 2 aromatic heterocycles. The Kier molecular flexibility index (Phi) is 6.15. The summed E-state index contributed by atoms with van der Waals surface area (Å²) in [7, 11) is 0. The summed E-state index contributed by atoms with van der Waals surface area (Å²) in [6.07, 6.45) is 1.68. The van der Waals surface area contributed by atoms with Gasteiger partial charge in [0, 0.05) is 17.3 Å². The highest BCUT2D eigenvalue weighted by Crippen LogP contribution is 2.26. The third-order valence-corrected chi connectivity index (χ3v) is 4.82. The molecule has 3 rings (SSSR count). The summed E-state index contributed by atoms with van der Waals surface area (Å²) >= 11 is 0. The average molecular weight is 422 g/mol. The summed E-state index contributed by atoms with van der Waals surface area (Å²) in [6, 6.07) is 8.94. The van der Waals surface area contributed by atoms with Crippen molar-refractivity contribution in [3.8, 4) is 0 Å². The highest BCUT2D eigenvalue weighted by Gasteiger charge is 2.22. The molecule has 2 heterocycles. The van der Waals surface area contributed by atoms with Gasteiger partial charge in [-0.2, -0.15) is 5.10 Å². The SMILES string of the molecule is CC(C)c1cc(C(=O)Nc2ccccc2C(=O)NC(C)(C)C)c2cnn(C(C)C)c2n1. The van der Waals surface area contributed by atoms with E-state index in [1.165, 1.54) is 0 Å². The Morgan fingerprint density at radius 1 is 1.00 bits per heavy atom. The van der Waals surface area contributed by atoms with Gasteiger partial charge in [0.2, 0.25) is 0 Å². The van der Waals surface area contributed by atoms with Gasteiger partial charge < -0.3 is 10.6 Å². The van der Waals surface area contributed by atoms with Gasteiger partial charge in [0.1, 0.15) is 0 Å². The van der Waals surface area contributed by atoms with Crippen molar-refractivity contribution >= 4 is 28.5 Å². The van der Waals surface area contributed by atoms with Gasteiger partial charge in [-0.3, -0.25) is 9.59 Å². The second-order valence-corrected chi connectivity index (χ2v) is 9.37. The van der Waals surface area contributed by atoms with Crippen LogP contribution in [0.5, 0.6) is 0 Å². The van der Waals surface area contributed by atoms with E-state index < -0.39 is 0 Å². The van der Waals surface area contributed by atoms with Crippen LogP contribution in [0.4, 0.5) is 5.69 Å². The number of hydrogen-bond acceptors (Lipinski definition) is 4. The lowest BCUT2D eigenvalue weighted by Crippen LogP contribution is -2.40. The molecule has 0 spiro atoms. The van der Waals surface area contributed by atoms with Gasteiger partial charge in [0.15, 0.2) is 5.65 Å². The summed E-state index contributed by atoms with van der Waals surface area (Å²) in [4.78, 5) is 30.8. The maximum absolute atomic E-state index is 13.3. The maximum Gasteiger partial charge on any atom is 0.256 e. The van der Waals surface area contributed by atoms with Gasteiger partial charge >= 0.3 is 0 Å². The van der Waals surface area contributed by atoms with E-state index >= 15 is 0 Å². The molecule has 2 amide bonds. The van der Waals surface area contributed by atoms with E-state index in [4.69, 9.17) is 4.98 Å². The molecule has 1 aromatic carbocycles. The first kappa shape index (κ1) is 22.5. The Morgan fingerprint density at radius 3 is 2.29 bits per heavy atom. The molecule has 0 aliphatic heterocycles. The Hall–Kier alpha value is -3.22. The minimum absolute atomic E-state index is 0.116.